The van der Waals surface area contributed by atoms with Crippen LogP contribution in [-0.2, 0) is 13.1 Å². The van der Waals surface area contributed by atoms with Gasteiger partial charge in [0.2, 0.25) is 0 Å². The Balaban J connectivity index is 1.48. The summed E-state index contributed by atoms with van der Waals surface area (Å²) >= 11 is 6.33. The predicted octanol–water partition coefficient (Wildman–Crippen LogP) is 3.76. The van der Waals surface area contributed by atoms with Gasteiger partial charge in [0.15, 0.2) is 5.65 Å². The second-order valence-electron chi connectivity index (χ2n) is 7.63. The second-order valence-corrected chi connectivity index (χ2v) is 8.01. The van der Waals surface area contributed by atoms with Gasteiger partial charge in [0.25, 0.3) is 5.91 Å². The number of amides is 1. The van der Waals surface area contributed by atoms with E-state index >= 15 is 0 Å². The number of nitrogens with zero attached hydrogens (tertiary/aromatic N) is 5. The minimum absolute atomic E-state index is 0.0565. The molecule has 0 saturated carbocycles. The van der Waals surface area contributed by atoms with Crippen LogP contribution in [0.15, 0.2) is 24.3 Å². The molecule has 1 saturated heterocycles. The van der Waals surface area contributed by atoms with E-state index in [-0.39, 0.29) is 5.91 Å². The van der Waals surface area contributed by atoms with Crippen LogP contribution in [0.4, 0.5) is 5.69 Å². The van der Waals surface area contributed by atoms with Crippen molar-refractivity contribution in [2.45, 2.75) is 39.8 Å². The summed E-state index contributed by atoms with van der Waals surface area (Å²) in [4.78, 5) is 22.2. The molecule has 5 rings (SSSR count). The second kappa shape index (κ2) is 6.48. The van der Waals surface area contributed by atoms with Crippen molar-refractivity contribution in [2.24, 2.45) is 0 Å². The van der Waals surface area contributed by atoms with Gasteiger partial charge >= 0.3 is 0 Å². The summed E-state index contributed by atoms with van der Waals surface area (Å²) in [6, 6.07) is 7.94. The summed E-state index contributed by atoms with van der Waals surface area (Å²) in [5, 5.41) is 5.33. The number of anilines is 1. The van der Waals surface area contributed by atoms with E-state index in [0.717, 1.165) is 52.6 Å². The highest BCUT2D eigenvalue weighted by Gasteiger charge is 2.32. The summed E-state index contributed by atoms with van der Waals surface area (Å²) in [7, 11) is 0. The average Bonchev–Trinajstić information content (AvgIpc) is 3.43. The molecular formula is C21H22ClN5O. The van der Waals surface area contributed by atoms with Gasteiger partial charge in [0.05, 0.1) is 40.8 Å². The molecule has 3 aromatic rings. The Hall–Kier alpha value is -2.60. The number of aromatic nitrogens is 3. The van der Waals surface area contributed by atoms with Gasteiger partial charge in [-0.05, 0) is 38.8 Å². The number of fused-ring (bicyclic) bond motifs is 3. The Morgan fingerprint density at radius 2 is 1.86 bits per heavy atom. The zero-order valence-electron chi connectivity index (χ0n) is 16.1. The number of hydrogen-bond donors (Lipinski definition) is 0. The first-order valence-corrected chi connectivity index (χ1v) is 10.1. The van der Waals surface area contributed by atoms with E-state index in [1.54, 1.807) is 4.52 Å². The lowest BCUT2D eigenvalue weighted by Gasteiger charge is -2.23. The normalized spacial score (nSPS) is 16.2. The van der Waals surface area contributed by atoms with Gasteiger partial charge in [-0.15, -0.1) is 0 Å². The summed E-state index contributed by atoms with van der Waals surface area (Å²) in [6.45, 7) is 6.91. The Morgan fingerprint density at radius 1 is 1.11 bits per heavy atom. The molecule has 144 valence electrons. The van der Waals surface area contributed by atoms with Crippen LogP contribution in [0, 0.1) is 13.8 Å². The van der Waals surface area contributed by atoms with Crippen molar-refractivity contribution >= 4 is 28.8 Å². The average molecular weight is 396 g/mol. The maximum Gasteiger partial charge on any atom is 0.256 e. The van der Waals surface area contributed by atoms with Crippen LogP contribution in [0.3, 0.4) is 0 Å². The zero-order valence-corrected chi connectivity index (χ0v) is 16.8. The smallest absolute Gasteiger partial charge is 0.256 e. The first kappa shape index (κ1) is 17.5. The summed E-state index contributed by atoms with van der Waals surface area (Å²) in [5.41, 5.74) is 6.22. The van der Waals surface area contributed by atoms with Crippen LogP contribution in [0.1, 0.15) is 45.8 Å². The Bertz CT molecular complexity index is 1100. The maximum atomic E-state index is 13.3. The number of hydrogen-bond acceptors (Lipinski definition) is 4. The number of halogens is 1. The van der Waals surface area contributed by atoms with Gasteiger partial charge in [0, 0.05) is 24.3 Å². The molecule has 0 radical (unpaired) electrons. The number of benzene rings is 1. The van der Waals surface area contributed by atoms with Gasteiger partial charge in [-0.3, -0.25) is 4.79 Å². The summed E-state index contributed by atoms with van der Waals surface area (Å²) in [6.07, 6.45) is 2.36. The highest BCUT2D eigenvalue weighted by molar-refractivity contribution is 6.31. The molecule has 0 bridgehead atoms. The number of para-hydroxylation sites is 1. The van der Waals surface area contributed by atoms with Gasteiger partial charge in [-0.25, -0.2) is 9.50 Å². The van der Waals surface area contributed by atoms with Gasteiger partial charge < -0.3 is 9.80 Å². The van der Waals surface area contributed by atoms with Crippen LogP contribution in [0.5, 0.6) is 0 Å². The van der Waals surface area contributed by atoms with E-state index in [9.17, 15) is 4.79 Å². The van der Waals surface area contributed by atoms with Crippen LogP contribution in [0.25, 0.3) is 5.65 Å². The van der Waals surface area contributed by atoms with Crippen LogP contribution in [-0.4, -0.2) is 38.5 Å². The van der Waals surface area contributed by atoms with E-state index in [1.807, 2.05) is 36.9 Å². The third-order valence-electron chi connectivity index (χ3n) is 5.82. The Morgan fingerprint density at radius 3 is 2.64 bits per heavy atom. The first-order valence-electron chi connectivity index (χ1n) is 9.71. The number of carbonyl (C=O) groups excluding carboxylic acids is 1. The lowest BCUT2D eigenvalue weighted by molar-refractivity contribution is 0.0750. The third-order valence-corrected chi connectivity index (χ3v) is 6.37. The molecule has 4 heterocycles. The third kappa shape index (κ3) is 2.58. The molecule has 0 N–H and O–H groups in total. The molecular weight excluding hydrogens is 374 g/mol. The molecule has 0 aliphatic carbocycles. The topological polar surface area (TPSA) is 53.7 Å². The summed E-state index contributed by atoms with van der Waals surface area (Å²) < 4.78 is 1.81. The fraction of sp³-hybridized carbons (Fsp3) is 0.381. The number of aryl methyl sites for hydroxylation is 2. The minimum atomic E-state index is 0.0565. The molecule has 2 aliphatic heterocycles. The fourth-order valence-electron chi connectivity index (χ4n) is 4.32. The molecule has 0 unspecified atom stereocenters. The van der Waals surface area contributed by atoms with E-state index in [4.69, 9.17) is 11.6 Å². The lowest BCUT2D eigenvalue weighted by atomic mass is 10.1. The van der Waals surface area contributed by atoms with Crippen molar-refractivity contribution in [3.05, 3.63) is 57.5 Å². The number of rotatable bonds is 2. The minimum Gasteiger partial charge on any atom is -0.371 e. The van der Waals surface area contributed by atoms with Crippen molar-refractivity contribution in [3.8, 4) is 0 Å². The van der Waals surface area contributed by atoms with Crippen molar-refractivity contribution in [1.82, 2.24) is 19.5 Å². The maximum absolute atomic E-state index is 13.3. The highest BCUT2D eigenvalue weighted by atomic mass is 35.5. The quantitative estimate of drug-likeness (QED) is 0.663. The molecule has 2 aromatic heterocycles. The van der Waals surface area contributed by atoms with Crippen LogP contribution >= 0.6 is 11.6 Å². The van der Waals surface area contributed by atoms with Gasteiger partial charge in [0.1, 0.15) is 0 Å². The first-order chi connectivity index (χ1) is 13.5. The Labute approximate surface area is 168 Å². The predicted molar refractivity (Wildman–Crippen MR) is 109 cm³/mol. The molecule has 1 aromatic carbocycles. The van der Waals surface area contributed by atoms with Crippen molar-refractivity contribution < 1.29 is 4.79 Å². The monoisotopic (exact) mass is 395 g/mol. The molecule has 6 nitrogen and oxygen atoms in total. The van der Waals surface area contributed by atoms with Crippen LogP contribution in [0.2, 0.25) is 5.02 Å². The van der Waals surface area contributed by atoms with Crippen molar-refractivity contribution in [2.75, 3.05) is 18.0 Å². The Kier molecular flexibility index (Phi) is 4.05. The van der Waals surface area contributed by atoms with Crippen LogP contribution < -0.4 is 4.90 Å². The highest BCUT2D eigenvalue weighted by Crippen LogP contribution is 2.32. The molecule has 0 atom stereocenters. The largest absolute Gasteiger partial charge is 0.371 e. The van der Waals surface area contributed by atoms with Gasteiger partial charge in [-0.2, -0.15) is 5.10 Å². The van der Waals surface area contributed by atoms with E-state index in [0.29, 0.717) is 18.1 Å². The standard InChI is InChI=1S/C21H22ClN5O/c1-13-19(22)14(2)27-20(23-13)16-11-26(12-17(16)24-27)21(28)15-7-3-4-8-18(15)25-9-5-6-10-25/h3-4,7-8H,5-6,9-12H2,1-2H3. The molecule has 1 amide bonds. The van der Waals surface area contributed by atoms with Gasteiger partial charge in [-0.1, -0.05) is 23.7 Å². The fourth-order valence-corrected chi connectivity index (χ4v) is 4.44. The summed E-state index contributed by atoms with van der Waals surface area (Å²) in [5.74, 6) is 0.0565. The molecule has 7 heteroatoms. The van der Waals surface area contributed by atoms with Crippen molar-refractivity contribution in [3.63, 3.8) is 0 Å². The molecule has 2 aliphatic rings. The molecule has 1 fully saturated rings. The van der Waals surface area contributed by atoms with E-state index in [1.165, 1.54) is 12.8 Å². The SMILES string of the molecule is Cc1nc2c3c(nn2c(C)c1Cl)CN(C(=O)c1ccccc1N1CCCC1)C3. The lowest BCUT2D eigenvalue weighted by Crippen LogP contribution is -2.29. The zero-order chi connectivity index (χ0) is 19.4. The van der Waals surface area contributed by atoms with E-state index in [2.05, 4.69) is 21.0 Å². The van der Waals surface area contributed by atoms with Crippen molar-refractivity contribution in [1.29, 1.82) is 0 Å². The molecule has 0 spiro atoms. The number of carbonyl (C=O) groups is 1. The molecule has 28 heavy (non-hydrogen) atoms. The van der Waals surface area contributed by atoms with E-state index < -0.39 is 0 Å².